The Morgan fingerprint density at radius 2 is 1.90 bits per heavy atom. The van der Waals surface area contributed by atoms with Crippen molar-refractivity contribution in [2.24, 2.45) is 0 Å². The maximum absolute atomic E-state index is 12.9. The van der Waals surface area contributed by atoms with E-state index in [4.69, 9.17) is 0 Å². The summed E-state index contributed by atoms with van der Waals surface area (Å²) in [4.78, 5) is 15.0. The Balaban J connectivity index is 1.54. The van der Waals surface area contributed by atoms with Crippen LogP contribution in [0.2, 0.25) is 0 Å². The monoisotopic (exact) mass is 288 g/mol. The Hall–Kier alpha value is -1.36. The van der Waals surface area contributed by atoms with Gasteiger partial charge in [0.05, 0.1) is 6.04 Å². The smallest absolute Gasteiger partial charge is 0.274 e. The van der Waals surface area contributed by atoms with Gasteiger partial charge in [0.2, 0.25) is 0 Å². The fourth-order valence-corrected chi connectivity index (χ4v) is 4.27. The first-order chi connectivity index (χ1) is 10.3. The molecule has 1 aromatic heterocycles. The predicted octanol–water partition coefficient (Wildman–Crippen LogP) is 1.96. The number of aromatic nitrogens is 2. The summed E-state index contributed by atoms with van der Waals surface area (Å²) in [6, 6.07) is 3.20. The molecule has 3 heterocycles. The summed E-state index contributed by atoms with van der Waals surface area (Å²) in [6.45, 7) is 1.97. The fraction of sp³-hybridized carbons (Fsp3) is 0.750. The van der Waals surface area contributed by atoms with Gasteiger partial charge in [0.1, 0.15) is 5.69 Å². The lowest BCUT2D eigenvalue weighted by Crippen LogP contribution is -2.42. The van der Waals surface area contributed by atoms with Crippen LogP contribution in [0.1, 0.15) is 61.5 Å². The van der Waals surface area contributed by atoms with E-state index in [1.807, 2.05) is 16.9 Å². The highest BCUT2D eigenvalue weighted by molar-refractivity contribution is 5.93. The number of amides is 1. The zero-order valence-electron chi connectivity index (χ0n) is 12.5. The van der Waals surface area contributed by atoms with Gasteiger partial charge in [-0.1, -0.05) is 12.8 Å². The Labute approximate surface area is 125 Å². The Bertz CT molecular complexity index is 506. The highest BCUT2D eigenvalue weighted by Crippen LogP contribution is 2.31. The standard InChI is InChI=1S/C16H24N4O/c21-16(20-13-5-6-14(20)11-17-9-7-13)15-8-10-19(18-15)12-3-1-2-4-12/h8,10,12-14,17H,1-7,9,11H2. The van der Waals surface area contributed by atoms with E-state index in [0.717, 1.165) is 32.4 Å². The molecule has 1 aromatic rings. The summed E-state index contributed by atoms with van der Waals surface area (Å²) in [5, 5.41) is 8.05. The van der Waals surface area contributed by atoms with Crippen molar-refractivity contribution < 1.29 is 4.79 Å². The van der Waals surface area contributed by atoms with Gasteiger partial charge in [0.25, 0.3) is 5.91 Å². The maximum atomic E-state index is 12.9. The highest BCUT2D eigenvalue weighted by Gasteiger charge is 2.39. The number of hydrogen-bond donors (Lipinski definition) is 1. The molecule has 3 aliphatic rings. The summed E-state index contributed by atoms with van der Waals surface area (Å²) in [7, 11) is 0. The molecular formula is C16H24N4O. The summed E-state index contributed by atoms with van der Waals surface area (Å²) < 4.78 is 2.03. The molecule has 0 radical (unpaired) electrons. The van der Waals surface area contributed by atoms with Crippen molar-refractivity contribution in [2.75, 3.05) is 13.1 Å². The normalized spacial score (nSPS) is 29.8. The number of rotatable bonds is 2. The van der Waals surface area contributed by atoms with E-state index in [9.17, 15) is 4.79 Å². The molecule has 21 heavy (non-hydrogen) atoms. The molecule has 1 amide bonds. The molecule has 3 fully saturated rings. The van der Waals surface area contributed by atoms with Crippen LogP contribution in [0.5, 0.6) is 0 Å². The summed E-state index contributed by atoms with van der Waals surface area (Å²) >= 11 is 0. The molecule has 2 bridgehead atoms. The first-order valence-electron chi connectivity index (χ1n) is 8.41. The van der Waals surface area contributed by atoms with Crippen LogP contribution in [-0.2, 0) is 0 Å². The second kappa shape index (κ2) is 5.44. The molecule has 2 saturated heterocycles. The van der Waals surface area contributed by atoms with Crippen LogP contribution in [0, 0.1) is 0 Å². The molecule has 5 heteroatoms. The average molecular weight is 288 g/mol. The van der Waals surface area contributed by atoms with Gasteiger partial charge in [-0.25, -0.2) is 0 Å². The fourth-order valence-electron chi connectivity index (χ4n) is 4.27. The van der Waals surface area contributed by atoms with E-state index >= 15 is 0 Å². The molecule has 114 valence electrons. The molecule has 2 unspecified atom stereocenters. The van der Waals surface area contributed by atoms with Crippen molar-refractivity contribution in [1.82, 2.24) is 20.0 Å². The molecule has 1 aliphatic carbocycles. The number of fused-ring (bicyclic) bond motifs is 2. The minimum atomic E-state index is 0.142. The van der Waals surface area contributed by atoms with Gasteiger partial charge in [0.15, 0.2) is 0 Å². The third-order valence-electron chi connectivity index (χ3n) is 5.41. The first kappa shape index (κ1) is 13.3. The van der Waals surface area contributed by atoms with Crippen molar-refractivity contribution in [3.8, 4) is 0 Å². The Morgan fingerprint density at radius 1 is 1.10 bits per heavy atom. The van der Waals surface area contributed by atoms with Gasteiger partial charge >= 0.3 is 0 Å². The number of hydrogen-bond acceptors (Lipinski definition) is 3. The van der Waals surface area contributed by atoms with Gasteiger partial charge in [-0.2, -0.15) is 5.10 Å². The highest BCUT2D eigenvalue weighted by atomic mass is 16.2. The average Bonchev–Trinajstić information content (AvgIpc) is 3.15. The summed E-state index contributed by atoms with van der Waals surface area (Å²) in [5.74, 6) is 0.142. The number of nitrogens with zero attached hydrogens (tertiary/aromatic N) is 3. The van der Waals surface area contributed by atoms with Crippen molar-refractivity contribution in [2.45, 2.75) is 63.1 Å². The lowest BCUT2D eigenvalue weighted by Gasteiger charge is -2.27. The van der Waals surface area contributed by atoms with Crippen LogP contribution in [-0.4, -0.2) is 45.8 Å². The second-order valence-electron chi connectivity index (χ2n) is 6.71. The number of carbonyl (C=O) groups excluding carboxylic acids is 1. The van der Waals surface area contributed by atoms with Gasteiger partial charge in [-0.05, 0) is 44.7 Å². The molecule has 0 aromatic carbocycles. The van der Waals surface area contributed by atoms with Crippen molar-refractivity contribution in [1.29, 1.82) is 0 Å². The van der Waals surface area contributed by atoms with Crippen LogP contribution < -0.4 is 5.32 Å². The van der Waals surface area contributed by atoms with E-state index in [-0.39, 0.29) is 5.91 Å². The van der Waals surface area contributed by atoms with E-state index in [0.29, 0.717) is 23.8 Å². The molecule has 2 aliphatic heterocycles. The number of nitrogens with one attached hydrogen (secondary N) is 1. The molecule has 1 N–H and O–H groups in total. The van der Waals surface area contributed by atoms with E-state index < -0.39 is 0 Å². The second-order valence-corrected chi connectivity index (χ2v) is 6.71. The summed E-state index contributed by atoms with van der Waals surface area (Å²) in [6.07, 6.45) is 10.3. The van der Waals surface area contributed by atoms with E-state index in [1.54, 1.807) is 0 Å². The number of carbonyl (C=O) groups is 1. The predicted molar refractivity (Wildman–Crippen MR) is 80.2 cm³/mol. The largest absolute Gasteiger partial charge is 0.330 e. The molecule has 2 atom stereocenters. The zero-order chi connectivity index (χ0) is 14.2. The van der Waals surface area contributed by atoms with Crippen molar-refractivity contribution >= 4 is 5.91 Å². The van der Waals surface area contributed by atoms with Gasteiger partial charge in [-0.3, -0.25) is 9.48 Å². The zero-order valence-corrected chi connectivity index (χ0v) is 12.5. The minimum absolute atomic E-state index is 0.142. The third kappa shape index (κ3) is 2.37. The topological polar surface area (TPSA) is 50.2 Å². The van der Waals surface area contributed by atoms with E-state index in [2.05, 4.69) is 15.3 Å². The minimum Gasteiger partial charge on any atom is -0.330 e. The lowest BCUT2D eigenvalue weighted by molar-refractivity contribution is 0.0673. The Morgan fingerprint density at radius 3 is 2.76 bits per heavy atom. The van der Waals surface area contributed by atoms with Gasteiger partial charge in [-0.15, -0.1) is 0 Å². The van der Waals surface area contributed by atoms with Crippen LogP contribution in [0.3, 0.4) is 0 Å². The molecular weight excluding hydrogens is 264 g/mol. The van der Waals surface area contributed by atoms with Crippen LogP contribution >= 0.6 is 0 Å². The quantitative estimate of drug-likeness (QED) is 0.905. The first-order valence-corrected chi connectivity index (χ1v) is 8.41. The Kier molecular flexibility index (Phi) is 3.45. The van der Waals surface area contributed by atoms with Crippen LogP contribution in [0.15, 0.2) is 12.3 Å². The van der Waals surface area contributed by atoms with Gasteiger partial charge in [0, 0.05) is 24.8 Å². The van der Waals surface area contributed by atoms with Crippen molar-refractivity contribution in [3.05, 3.63) is 18.0 Å². The third-order valence-corrected chi connectivity index (χ3v) is 5.41. The molecule has 4 rings (SSSR count). The van der Waals surface area contributed by atoms with Gasteiger partial charge < -0.3 is 10.2 Å². The van der Waals surface area contributed by atoms with Crippen LogP contribution in [0.25, 0.3) is 0 Å². The summed E-state index contributed by atoms with van der Waals surface area (Å²) in [5.41, 5.74) is 0.640. The molecule has 1 saturated carbocycles. The SMILES string of the molecule is O=C(c1ccn(C2CCCC2)n1)N1C2CCNCC1CC2. The van der Waals surface area contributed by atoms with Crippen molar-refractivity contribution in [3.63, 3.8) is 0 Å². The van der Waals surface area contributed by atoms with Crippen LogP contribution in [0.4, 0.5) is 0 Å². The maximum Gasteiger partial charge on any atom is 0.274 e. The lowest BCUT2D eigenvalue weighted by atomic mass is 10.1. The molecule has 5 nitrogen and oxygen atoms in total. The molecule has 0 spiro atoms. The van der Waals surface area contributed by atoms with E-state index in [1.165, 1.54) is 25.7 Å².